The van der Waals surface area contributed by atoms with Crippen LogP contribution in [0.15, 0.2) is 206 Å². The largest absolute Gasteiger partial charge is 0.309 e. The predicted molar refractivity (Wildman–Crippen MR) is 227 cm³/mol. The Morgan fingerprint density at radius 2 is 0.855 bits per heavy atom. The van der Waals surface area contributed by atoms with Gasteiger partial charge in [0, 0.05) is 33.2 Å². The molecule has 8 aromatic carbocycles. The fourth-order valence-electron chi connectivity index (χ4n) is 6.71. The SMILES string of the molecule is [2H]c1c([2H])c([2H])c(-c2c([2H])c([2H])c3c(c2[2H])c2c([2H])c([2H])c([2H])c([2H])c2n3-c2ccc(-c3nc(-c4ccc(-c5ccccc5)cc4)nc(-c4cccc(-c5ccccc5)c4)n3)cc2)c([2H])c1[2H]. The molecule has 10 aromatic rings. The van der Waals surface area contributed by atoms with E-state index in [1.807, 2.05) is 109 Å². The number of rotatable bonds is 7. The fourth-order valence-corrected chi connectivity index (χ4v) is 6.71. The second kappa shape index (κ2) is 13.8. The van der Waals surface area contributed by atoms with Crippen LogP contribution in [-0.2, 0) is 0 Å². The normalized spacial score (nSPS) is 14.3. The van der Waals surface area contributed by atoms with Gasteiger partial charge in [-0.05, 0) is 81.8 Å². The third kappa shape index (κ3) is 6.16. The standard InChI is InChI=1S/C51H34N4/c1-4-13-35(14-5-1)38-23-25-39(26-24-38)49-52-50(54-51(53-49)43-20-12-19-41(33-43)36-15-6-2-7-16-36)40-27-30-44(31-28-40)55-47-22-11-10-21-45(47)46-34-42(29-32-48(46)55)37-17-8-3-9-18-37/h1-34H/i3D,8D,9D,10D,11D,17D,18D,21D,22D,29D,32D,34D. The molecule has 0 radical (unpaired) electrons. The van der Waals surface area contributed by atoms with Crippen LogP contribution in [0.1, 0.15) is 16.4 Å². The highest BCUT2D eigenvalue weighted by molar-refractivity contribution is 6.10. The Labute approximate surface area is 336 Å². The van der Waals surface area contributed by atoms with Crippen molar-refractivity contribution in [1.29, 1.82) is 0 Å². The van der Waals surface area contributed by atoms with Gasteiger partial charge in [-0.25, -0.2) is 15.0 Å². The van der Waals surface area contributed by atoms with E-state index in [2.05, 4.69) is 0 Å². The molecule has 0 amide bonds. The highest BCUT2D eigenvalue weighted by Gasteiger charge is 2.16. The molecule has 4 heteroatoms. The highest BCUT2D eigenvalue weighted by Crippen LogP contribution is 2.36. The average Bonchev–Trinajstić information content (AvgIpc) is 3.74. The number of fused-ring (bicyclic) bond motifs is 3. The lowest BCUT2D eigenvalue weighted by molar-refractivity contribution is 1.07. The number of aromatic nitrogens is 4. The molecule has 2 heterocycles. The van der Waals surface area contributed by atoms with E-state index in [9.17, 15) is 2.74 Å². The lowest BCUT2D eigenvalue weighted by Crippen LogP contribution is -2.01. The zero-order chi connectivity index (χ0) is 47.0. The first-order valence-electron chi connectivity index (χ1n) is 23.5. The van der Waals surface area contributed by atoms with Crippen LogP contribution >= 0.6 is 0 Å². The molecule has 0 fully saturated rings. The average molecular weight is 715 g/mol. The van der Waals surface area contributed by atoms with Crippen molar-refractivity contribution < 1.29 is 16.4 Å². The van der Waals surface area contributed by atoms with E-state index in [1.54, 1.807) is 24.3 Å². The zero-order valence-corrected chi connectivity index (χ0v) is 29.0. The Bertz CT molecular complexity index is 3610. The van der Waals surface area contributed by atoms with Gasteiger partial charge < -0.3 is 4.57 Å². The molecular formula is C51H34N4. The van der Waals surface area contributed by atoms with E-state index in [0.29, 0.717) is 28.7 Å². The van der Waals surface area contributed by atoms with Crippen LogP contribution in [-0.4, -0.2) is 19.5 Å². The topological polar surface area (TPSA) is 43.6 Å². The van der Waals surface area contributed by atoms with Gasteiger partial charge in [0.15, 0.2) is 17.5 Å². The quantitative estimate of drug-likeness (QED) is 0.165. The van der Waals surface area contributed by atoms with Crippen molar-refractivity contribution in [2.24, 2.45) is 0 Å². The molecule has 10 rings (SSSR count). The van der Waals surface area contributed by atoms with Gasteiger partial charge in [-0.1, -0.05) is 158 Å². The molecule has 0 aliphatic heterocycles. The number of hydrogen-bond donors (Lipinski definition) is 0. The maximum atomic E-state index is 9.47. The molecule has 55 heavy (non-hydrogen) atoms. The summed E-state index contributed by atoms with van der Waals surface area (Å²) < 4.78 is 107. The summed E-state index contributed by atoms with van der Waals surface area (Å²) in [5.41, 5.74) is 5.42. The maximum absolute atomic E-state index is 9.47. The van der Waals surface area contributed by atoms with Gasteiger partial charge in [0.25, 0.3) is 0 Å². The minimum Gasteiger partial charge on any atom is -0.309 e. The minimum absolute atomic E-state index is 0.0738. The molecule has 4 nitrogen and oxygen atoms in total. The van der Waals surface area contributed by atoms with E-state index in [1.165, 1.54) is 4.57 Å². The van der Waals surface area contributed by atoms with E-state index in [4.69, 9.17) is 28.7 Å². The summed E-state index contributed by atoms with van der Waals surface area (Å²) >= 11 is 0. The van der Waals surface area contributed by atoms with Crippen molar-refractivity contribution in [2.75, 3.05) is 0 Å². The molecule has 0 aliphatic carbocycles. The lowest BCUT2D eigenvalue weighted by Gasteiger charge is -2.12. The third-order valence-corrected chi connectivity index (χ3v) is 9.40. The van der Waals surface area contributed by atoms with Crippen molar-refractivity contribution in [3.63, 3.8) is 0 Å². The molecule has 0 saturated carbocycles. The summed E-state index contributed by atoms with van der Waals surface area (Å²) in [5.74, 6) is 1.18. The number of nitrogens with zero attached hydrogens (tertiary/aromatic N) is 4. The molecular weight excluding hydrogens is 669 g/mol. The van der Waals surface area contributed by atoms with Gasteiger partial charge in [0.2, 0.25) is 0 Å². The Morgan fingerprint density at radius 1 is 0.345 bits per heavy atom. The maximum Gasteiger partial charge on any atom is 0.164 e. The molecule has 0 bridgehead atoms. The summed E-state index contributed by atoms with van der Waals surface area (Å²) in [6, 6.07) is 35.4. The van der Waals surface area contributed by atoms with Crippen LogP contribution < -0.4 is 0 Å². The van der Waals surface area contributed by atoms with Crippen molar-refractivity contribution >= 4 is 21.8 Å². The van der Waals surface area contributed by atoms with Gasteiger partial charge >= 0.3 is 0 Å². The minimum atomic E-state index is -0.690. The van der Waals surface area contributed by atoms with E-state index < -0.39 is 83.6 Å². The molecule has 0 aliphatic rings. The Hall–Kier alpha value is -7.43. The second-order valence-electron chi connectivity index (χ2n) is 12.8. The number of benzene rings is 8. The number of hydrogen-bond acceptors (Lipinski definition) is 3. The van der Waals surface area contributed by atoms with E-state index in [-0.39, 0.29) is 21.8 Å². The van der Waals surface area contributed by atoms with Crippen LogP contribution in [0.25, 0.3) is 95.0 Å². The molecule has 2 aromatic heterocycles. The zero-order valence-electron chi connectivity index (χ0n) is 41.0. The summed E-state index contributed by atoms with van der Waals surface area (Å²) in [7, 11) is 0. The van der Waals surface area contributed by atoms with Crippen molar-refractivity contribution in [3.05, 3.63) is 206 Å². The number of para-hydroxylation sites is 1. The molecule has 0 N–H and O–H groups in total. The van der Waals surface area contributed by atoms with Gasteiger partial charge in [0.05, 0.1) is 27.5 Å². The van der Waals surface area contributed by atoms with E-state index >= 15 is 0 Å². The first-order chi connectivity index (χ1) is 32.2. The fraction of sp³-hybridized carbons (Fsp3) is 0. The Morgan fingerprint density at radius 3 is 1.55 bits per heavy atom. The predicted octanol–water partition coefficient (Wildman–Crippen LogP) is 13.0. The summed E-state index contributed by atoms with van der Waals surface area (Å²) in [5, 5.41) is -0.267. The van der Waals surface area contributed by atoms with Crippen molar-refractivity contribution in [3.8, 4) is 73.2 Å². The van der Waals surface area contributed by atoms with Crippen LogP contribution in [0.5, 0.6) is 0 Å². The summed E-state index contributed by atoms with van der Waals surface area (Å²) in [4.78, 5) is 14.9. The van der Waals surface area contributed by atoms with Crippen LogP contribution in [0.2, 0.25) is 0 Å². The van der Waals surface area contributed by atoms with Crippen LogP contribution in [0.3, 0.4) is 0 Å². The third-order valence-electron chi connectivity index (χ3n) is 9.40. The molecule has 0 atom stereocenters. The molecule has 0 unspecified atom stereocenters. The van der Waals surface area contributed by atoms with E-state index in [0.717, 1.165) is 33.4 Å². The second-order valence-corrected chi connectivity index (χ2v) is 12.8. The molecule has 0 saturated heterocycles. The molecule has 0 spiro atoms. The van der Waals surface area contributed by atoms with Crippen LogP contribution in [0, 0.1) is 0 Å². The monoisotopic (exact) mass is 714 g/mol. The van der Waals surface area contributed by atoms with Gasteiger partial charge in [0.1, 0.15) is 0 Å². The first kappa shape index (κ1) is 21.9. The van der Waals surface area contributed by atoms with Crippen LogP contribution in [0.4, 0.5) is 0 Å². The molecule has 258 valence electrons. The lowest BCUT2D eigenvalue weighted by atomic mass is 10.0. The highest BCUT2D eigenvalue weighted by atomic mass is 15.0. The van der Waals surface area contributed by atoms with Gasteiger partial charge in [-0.15, -0.1) is 0 Å². The summed E-state index contributed by atoms with van der Waals surface area (Å²) in [6.45, 7) is 0. The van der Waals surface area contributed by atoms with Crippen molar-refractivity contribution in [2.45, 2.75) is 0 Å². The van der Waals surface area contributed by atoms with Crippen molar-refractivity contribution in [1.82, 2.24) is 19.5 Å². The Balaban J connectivity index is 1.16. The summed E-state index contributed by atoms with van der Waals surface area (Å²) in [6.07, 6.45) is 0. The smallest absolute Gasteiger partial charge is 0.164 e. The first-order valence-corrected chi connectivity index (χ1v) is 17.5. The van der Waals surface area contributed by atoms with Gasteiger partial charge in [-0.3, -0.25) is 0 Å². The van der Waals surface area contributed by atoms with Gasteiger partial charge in [-0.2, -0.15) is 0 Å². The Kier molecular flexibility index (Phi) is 5.52.